The first-order valence-electron chi connectivity index (χ1n) is 2.13. The third-order valence-corrected chi connectivity index (χ3v) is 1.70. The summed E-state index contributed by atoms with van der Waals surface area (Å²) in [4.78, 5) is 28.0. The molecule has 0 aromatic rings. The van der Waals surface area contributed by atoms with Gasteiger partial charge in [0.2, 0.25) is 0 Å². The highest BCUT2D eigenvalue weighted by atomic mass is 32.3. The first kappa shape index (κ1) is 11.4. The van der Waals surface area contributed by atoms with Gasteiger partial charge >= 0.3 is 18.6 Å². The van der Waals surface area contributed by atoms with Crippen LogP contribution >= 0.6 is 18.6 Å². The molecule has 0 amide bonds. The van der Waals surface area contributed by atoms with Gasteiger partial charge in [-0.25, -0.2) is 14.7 Å². The highest BCUT2D eigenvalue weighted by molar-refractivity contribution is 8.20. The Kier molecular flexibility index (Phi) is 3.26. The maximum atomic E-state index is 9.96. The van der Waals surface area contributed by atoms with Crippen molar-refractivity contribution in [1.29, 1.82) is 0 Å². The van der Waals surface area contributed by atoms with Crippen LogP contribution in [0.4, 0.5) is 0 Å². The molecule has 0 radical (unpaired) electrons. The van der Waals surface area contributed by atoms with Crippen molar-refractivity contribution in [1.82, 2.24) is 0 Å². The van der Waals surface area contributed by atoms with E-state index in [4.69, 9.17) is 14.3 Å². The van der Waals surface area contributed by atoms with Crippen molar-refractivity contribution in [3.05, 3.63) is 10.1 Å². The van der Waals surface area contributed by atoms with Crippen LogP contribution in [0.5, 0.6) is 0 Å². The van der Waals surface area contributed by atoms with Gasteiger partial charge in [-0.3, -0.25) is 4.55 Å². The van der Waals surface area contributed by atoms with Crippen molar-refractivity contribution in [2.75, 3.05) is 0 Å². The lowest BCUT2D eigenvalue weighted by Gasteiger charge is -2.08. The Morgan fingerprint density at radius 2 is 2.00 bits per heavy atom. The van der Waals surface area contributed by atoms with E-state index < -0.39 is 22.9 Å². The summed E-state index contributed by atoms with van der Waals surface area (Å²) >= 11 is 0. The quantitative estimate of drug-likeness (QED) is 0.220. The number of nitrogens with two attached hydrogens (primary N) is 1. The molecule has 0 saturated heterocycles. The molecule has 0 aromatic heterocycles. The lowest BCUT2D eigenvalue weighted by molar-refractivity contribution is -0.308. The molecule has 5 N–H and O–H groups in total. The maximum absolute atomic E-state index is 9.96. The van der Waals surface area contributed by atoms with E-state index in [1.807, 2.05) is 0 Å². The third kappa shape index (κ3) is 4.33. The van der Waals surface area contributed by atoms with Gasteiger partial charge in [0.25, 0.3) is 0 Å². The summed E-state index contributed by atoms with van der Waals surface area (Å²) in [5.74, 6) is 0. The van der Waals surface area contributed by atoms with Crippen LogP contribution in [0.1, 0.15) is 0 Å². The fourth-order valence-electron chi connectivity index (χ4n) is 0.131. The average molecular weight is 220 g/mol. The van der Waals surface area contributed by atoms with Crippen LogP contribution in [0.25, 0.3) is 0 Å². The van der Waals surface area contributed by atoms with Gasteiger partial charge in [0.15, 0.2) is 0 Å². The third-order valence-electron chi connectivity index (χ3n) is 0.493. The molecule has 12 heteroatoms. The summed E-state index contributed by atoms with van der Waals surface area (Å²) < 4.78 is 19.4. The minimum Gasteiger partial charge on any atom is -0.306 e. The molecule has 10 nitrogen and oxygen atoms in total. The normalized spacial score (nSPS) is 20.3. The number of nitrogens with zero attached hydrogens (tertiary/aromatic N) is 3. The molecule has 0 aromatic carbocycles. The largest absolute Gasteiger partial charge is 0.467 e. The summed E-state index contributed by atoms with van der Waals surface area (Å²) in [6.07, 6.45) is 0. The van der Waals surface area contributed by atoms with Crippen LogP contribution in [-0.2, 0) is 4.57 Å². The molecule has 72 valence electrons. The smallest absolute Gasteiger partial charge is 0.306 e. The molecular weight excluding hydrogens is 215 g/mol. The summed E-state index contributed by atoms with van der Waals surface area (Å²) in [5.41, 5.74) is 0. The summed E-state index contributed by atoms with van der Waals surface area (Å²) in [6.45, 7) is 0. The second-order valence-corrected chi connectivity index (χ2v) is 4.26. The van der Waals surface area contributed by atoms with Crippen molar-refractivity contribution in [3.63, 3.8) is 0 Å². The zero-order valence-electron chi connectivity index (χ0n) is 5.34. The highest BCUT2D eigenvalue weighted by Gasteiger charge is 2.29. The van der Waals surface area contributed by atoms with Gasteiger partial charge < -0.3 is 9.79 Å². The van der Waals surface area contributed by atoms with Crippen LogP contribution in [0.2, 0.25) is 0 Å². The van der Waals surface area contributed by atoms with Gasteiger partial charge in [-0.2, -0.15) is 5.14 Å². The van der Waals surface area contributed by atoms with E-state index in [1.165, 1.54) is 0 Å². The molecule has 1 unspecified atom stereocenters. The first-order chi connectivity index (χ1) is 5.15. The average Bonchev–Trinajstić information content (AvgIpc) is 1.82. The van der Waals surface area contributed by atoms with Crippen molar-refractivity contribution >= 4 is 18.6 Å². The molecule has 0 bridgehead atoms. The Balaban J connectivity index is 4.56. The lowest BCUT2D eigenvalue weighted by atomic mass is 13.2. The predicted octanol–water partition coefficient (Wildman–Crippen LogP) is -0.211. The highest BCUT2D eigenvalue weighted by Crippen LogP contribution is 2.44. The molecule has 0 aliphatic carbocycles. The fraction of sp³-hybridized carbons (Fsp3) is 0. The number of hydrogen-bond donors (Lipinski definition) is 4. The first-order valence-corrected chi connectivity index (χ1v) is 5.26. The Hall–Kier alpha value is -0.580. The minimum atomic E-state index is -4.87. The fourth-order valence-corrected chi connectivity index (χ4v) is 1.00. The zero-order valence-corrected chi connectivity index (χ0v) is 7.05. The topological polar surface area (TPSA) is 172 Å². The Morgan fingerprint density at radius 1 is 1.58 bits per heavy atom. The van der Waals surface area contributed by atoms with Crippen LogP contribution in [0, 0.1) is 10.1 Å². The van der Waals surface area contributed by atoms with Crippen molar-refractivity contribution in [2.24, 2.45) is 14.5 Å². The molecule has 0 rings (SSSR count). The molecule has 0 heterocycles. The van der Waals surface area contributed by atoms with Crippen LogP contribution < -0.4 is 5.14 Å². The van der Waals surface area contributed by atoms with Crippen LogP contribution in [0.3, 0.4) is 0 Å². The lowest BCUT2D eigenvalue weighted by Crippen LogP contribution is -2.15. The molecule has 0 aliphatic rings. The molecular formula is H5N4O6PS. The second kappa shape index (κ2) is 3.43. The predicted molar refractivity (Wildman–Crippen MR) is 38.3 cm³/mol. The van der Waals surface area contributed by atoms with E-state index >= 15 is 0 Å². The molecule has 0 fully saturated rings. The summed E-state index contributed by atoms with van der Waals surface area (Å²) in [7, 11) is -9.01. The van der Waals surface area contributed by atoms with Crippen LogP contribution in [0.15, 0.2) is 9.40 Å². The van der Waals surface area contributed by atoms with Gasteiger partial charge in [0, 0.05) is 0 Å². The second-order valence-electron chi connectivity index (χ2n) is 1.47. The summed E-state index contributed by atoms with van der Waals surface area (Å²) in [6, 6.07) is 0. The maximum Gasteiger partial charge on any atom is 0.467 e. The Labute approximate surface area is 67.4 Å². The molecule has 0 aliphatic heterocycles. The van der Waals surface area contributed by atoms with Gasteiger partial charge in [-0.15, -0.1) is 0 Å². The minimum absolute atomic E-state index is 1.38. The van der Waals surface area contributed by atoms with Gasteiger partial charge in [-0.05, 0) is 4.52 Å². The standard InChI is InChI=1S/H5N4O6PS/c1-12(10,4(5)6)3-2-11(7,8)9/h10H,1H2,(H2,7,8,9). The Bertz CT molecular complexity index is 252. The van der Waals surface area contributed by atoms with Crippen molar-refractivity contribution < 1.29 is 23.2 Å². The summed E-state index contributed by atoms with van der Waals surface area (Å²) in [5, 5.41) is 14.3. The SMILES string of the molecule is NS(O)(N=NP(=O)(O)O)[N+](=O)[O-]. The molecule has 1 atom stereocenters. The molecule has 0 saturated carbocycles. The number of nitro groups is 1. The number of rotatable bonds is 3. The Morgan fingerprint density at radius 3 is 2.25 bits per heavy atom. The van der Waals surface area contributed by atoms with E-state index in [2.05, 4.69) is 14.5 Å². The number of hydrogen-bond acceptors (Lipinski definition) is 6. The molecule has 12 heavy (non-hydrogen) atoms. The van der Waals surface area contributed by atoms with E-state index in [-0.39, 0.29) is 0 Å². The van der Waals surface area contributed by atoms with Gasteiger partial charge in [-0.1, -0.05) is 4.88 Å². The van der Waals surface area contributed by atoms with E-state index in [9.17, 15) is 14.7 Å². The van der Waals surface area contributed by atoms with E-state index in [0.717, 1.165) is 0 Å². The molecule has 0 spiro atoms. The van der Waals surface area contributed by atoms with Crippen molar-refractivity contribution in [3.8, 4) is 0 Å². The van der Waals surface area contributed by atoms with E-state index in [1.54, 1.807) is 0 Å². The van der Waals surface area contributed by atoms with Crippen molar-refractivity contribution in [2.45, 2.75) is 0 Å². The zero-order chi connectivity index (χ0) is 9.99. The van der Waals surface area contributed by atoms with Crippen LogP contribution in [-0.4, -0.2) is 18.7 Å². The monoisotopic (exact) mass is 220 g/mol. The van der Waals surface area contributed by atoms with E-state index in [0.29, 0.717) is 0 Å². The van der Waals surface area contributed by atoms with Gasteiger partial charge in [0.1, 0.15) is 4.33 Å². The van der Waals surface area contributed by atoms with Gasteiger partial charge in [0.05, 0.1) is 0 Å².